The first kappa shape index (κ1) is 14.0. The van der Waals surface area contributed by atoms with Crippen LogP contribution in [0.4, 0.5) is 5.69 Å². The second-order valence-corrected chi connectivity index (χ2v) is 4.69. The number of hydrogen-bond acceptors (Lipinski definition) is 4. The minimum absolute atomic E-state index is 0.0316. The third-order valence-corrected chi connectivity index (χ3v) is 2.74. The van der Waals surface area contributed by atoms with E-state index in [1.54, 1.807) is 13.0 Å². The third-order valence-electron chi connectivity index (χ3n) is 2.55. The van der Waals surface area contributed by atoms with Crippen molar-refractivity contribution >= 4 is 28.9 Å². The zero-order valence-electron chi connectivity index (χ0n) is 11.1. The van der Waals surface area contributed by atoms with Gasteiger partial charge < -0.3 is 10.3 Å². The normalized spacial score (nSPS) is 10.1. The Morgan fingerprint density at radius 3 is 2.70 bits per heavy atom. The van der Waals surface area contributed by atoms with E-state index in [-0.39, 0.29) is 10.8 Å². The van der Waals surface area contributed by atoms with E-state index in [2.05, 4.69) is 10.6 Å². The summed E-state index contributed by atoms with van der Waals surface area (Å²) in [5, 5.41) is 5.00. The van der Waals surface area contributed by atoms with Gasteiger partial charge in [0.15, 0.2) is 10.8 Å². The topological polar surface area (TPSA) is 84.4 Å². The van der Waals surface area contributed by atoms with Crippen LogP contribution in [0.5, 0.6) is 0 Å². The van der Waals surface area contributed by atoms with Gasteiger partial charge in [0, 0.05) is 6.07 Å². The average molecular weight is 290 g/mol. The van der Waals surface area contributed by atoms with Gasteiger partial charge >= 0.3 is 0 Å². The molecule has 2 rings (SSSR count). The Morgan fingerprint density at radius 1 is 1.40 bits per heavy atom. The SMILES string of the molecule is Cc1cccc(N(NC(=O)c2cc(C)on2)C(N)=S)c1. The first-order valence-corrected chi connectivity index (χ1v) is 6.29. The summed E-state index contributed by atoms with van der Waals surface area (Å²) in [7, 11) is 0. The van der Waals surface area contributed by atoms with Gasteiger partial charge in [-0.1, -0.05) is 17.3 Å². The molecule has 0 fully saturated rings. The van der Waals surface area contributed by atoms with E-state index in [9.17, 15) is 4.79 Å². The van der Waals surface area contributed by atoms with Crippen LogP contribution in [0.1, 0.15) is 21.8 Å². The van der Waals surface area contributed by atoms with E-state index in [0.717, 1.165) is 5.56 Å². The van der Waals surface area contributed by atoms with Crippen molar-refractivity contribution in [1.82, 2.24) is 10.6 Å². The number of thiocarbonyl (C=S) groups is 1. The highest BCUT2D eigenvalue weighted by Crippen LogP contribution is 2.14. The molecule has 0 saturated carbocycles. The Hall–Kier alpha value is -2.41. The molecule has 2 aromatic rings. The quantitative estimate of drug-likeness (QED) is 0.647. The standard InChI is InChI=1S/C13H14N4O2S/c1-8-4-3-5-10(6-8)17(13(14)20)15-12(18)11-7-9(2)19-16-11/h3-7H,1-2H3,(H2,14,20)(H,15,18). The highest BCUT2D eigenvalue weighted by molar-refractivity contribution is 7.80. The van der Waals surface area contributed by atoms with Crippen LogP contribution in [-0.2, 0) is 0 Å². The summed E-state index contributed by atoms with van der Waals surface area (Å²) in [4.78, 5) is 12.0. The number of carbonyl (C=O) groups is 1. The van der Waals surface area contributed by atoms with Crippen LogP contribution < -0.4 is 16.2 Å². The van der Waals surface area contributed by atoms with Crippen molar-refractivity contribution in [2.75, 3.05) is 5.01 Å². The molecule has 0 saturated heterocycles. The lowest BCUT2D eigenvalue weighted by atomic mass is 10.2. The maximum absolute atomic E-state index is 12.0. The fourth-order valence-electron chi connectivity index (χ4n) is 1.65. The molecule has 0 atom stereocenters. The largest absolute Gasteiger partial charge is 0.374 e. The van der Waals surface area contributed by atoms with E-state index in [0.29, 0.717) is 11.4 Å². The Morgan fingerprint density at radius 2 is 2.15 bits per heavy atom. The molecule has 0 aliphatic heterocycles. The van der Waals surface area contributed by atoms with Crippen molar-refractivity contribution < 1.29 is 9.32 Å². The maximum atomic E-state index is 12.0. The maximum Gasteiger partial charge on any atom is 0.292 e. The molecule has 1 aromatic carbocycles. The van der Waals surface area contributed by atoms with E-state index >= 15 is 0 Å². The van der Waals surface area contributed by atoms with Crippen molar-refractivity contribution in [3.05, 3.63) is 47.3 Å². The summed E-state index contributed by atoms with van der Waals surface area (Å²) in [5.74, 6) is 0.101. The second kappa shape index (κ2) is 5.70. The number of rotatable bonds is 2. The molecule has 0 spiro atoms. The van der Waals surface area contributed by atoms with E-state index < -0.39 is 5.91 Å². The monoisotopic (exact) mass is 290 g/mol. The van der Waals surface area contributed by atoms with Gasteiger partial charge in [-0.05, 0) is 43.8 Å². The number of aromatic nitrogens is 1. The van der Waals surface area contributed by atoms with Gasteiger partial charge in [-0.25, -0.2) is 5.01 Å². The number of nitrogens with two attached hydrogens (primary N) is 1. The lowest BCUT2D eigenvalue weighted by Gasteiger charge is -2.23. The van der Waals surface area contributed by atoms with Crippen LogP contribution in [0.15, 0.2) is 34.9 Å². The number of hydrogen-bond donors (Lipinski definition) is 2. The summed E-state index contributed by atoms with van der Waals surface area (Å²) in [6.07, 6.45) is 0. The summed E-state index contributed by atoms with van der Waals surface area (Å²) >= 11 is 4.96. The molecule has 104 valence electrons. The first-order chi connectivity index (χ1) is 9.47. The number of nitrogens with one attached hydrogen (secondary N) is 1. The highest BCUT2D eigenvalue weighted by atomic mass is 32.1. The number of amides is 1. The van der Waals surface area contributed by atoms with Gasteiger partial charge in [-0.2, -0.15) is 0 Å². The predicted octanol–water partition coefficient (Wildman–Crippen LogP) is 1.69. The lowest BCUT2D eigenvalue weighted by molar-refractivity contribution is 0.0946. The summed E-state index contributed by atoms with van der Waals surface area (Å²) in [5.41, 5.74) is 10.1. The Balaban J connectivity index is 2.22. The molecule has 1 amide bonds. The minimum Gasteiger partial charge on any atom is -0.374 e. The molecule has 0 bridgehead atoms. The van der Waals surface area contributed by atoms with Crippen molar-refractivity contribution in [3.8, 4) is 0 Å². The van der Waals surface area contributed by atoms with Crippen LogP contribution >= 0.6 is 12.2 Å². The molecule has 7 heteroatoms. The van der Waals surface area contributed by atoms with E-state index in [4.69, 9.17) is 22.5 Å². The molecule has 0 aliphatic rings. The summed E-state index contributed by atoms with van der Waals surface area (Å²) < 4.78 is 4.86. The Kier molecular flexibility index (Phi) is 3.99. The van der Waals surface area contributed by atoms with Crippen LogP contribution in [0.3, 0.4) is 0 Å². The first-order valence-electron chi connectivity index (χ1n) is 5.88. The molecule has 0 radical (unpaired) electrons. The summed E-state index contributed by atoms with van der Waals surface area (Å²) in [6, 6.07) is 8.96. The molecular weight excluding hydrogens is 276 g/mol. The number of carbonyl (C=O) groups excluding carboxylic acids is 1. The smallest absolute Gasteiger partial charge is 0.292 e. The van der Waals surface area contributed by atoms with E-state index in [1.165, 1.54) is 11.1 Å². The molecule has 1 heterocycles. The van der Waals surface area contributed by atoms with Gasteiger partial charge in [0.1, 0.15) is 5.76 Å². The zero-order valence-corrected chi connectivity index (χ0v) is 11.9. The molecule has 20 heavy (non-hydrogen) atoms. The fourth-order valence-corrected chi connectivity index (χ4v) is 1.80. The fraction of sp³-hybridized carbons (Fsp3) is 0.154. The second-order valence-electron chi connectivity index (χ2n) is 4.28. The number of nitrogens with zero attached hydrogens (tertiary/aromatic N) is 2. The van der Waals surface area contributed by atoms with Gasteiger partial charge in [0.05, 0.1) is 5.69 Å². The molecular formula is C13H14N4O2S. The highest BCUT2D eigenvalue weighted by Gasteiger charge is 2.17. The van der Waals surface area contributed by atoms with Crippen LogP contribution in [0.25, 0.3) is 0 Å². The molecule has 6 nitrogen and oxygen atoms in total. The number of hydrazine groups is 1. The Labute approximate surface area is 121 Å². The van der Waals surface area contributed by atoms with Gasteiger partial charge in [0.2, 0.25) is 0 Å². The Bertz CT molecular complexity index is 653. The number of aryl methyl sites for hydroxylation is 2. The van der Waals surface area contributed by atoms with Crippen LogP contribution in [-0.4, -0.2) is 16.2 Å². The molecule has 0 unspecified atom stereocenters. The van der Waals surface area contributed by atoms with Crippen LogP contribution in [0.2, 0.25) is 0 Å². The van der Waals surface area contributed by atoms with Gasteiger partial charge in [0.25, 0.3) is 5.91 Å². The van der Waals surface area contributed by atoms with Crippen molar-refractivity contribution in [3.63, 3.8) is 0 Å². The minimum atomic E-state index is -0.448. The van der Waals surface area contributed by atoms with E-state index in [1.807, 2.05) is 25.1 Å². The summed E-state index contributed by atoms with van der Waals surface area (Å²) in [6.45, 7) is 3.64. The average Bonchev–Trinajstić information content (AvgIpc) is 2.82. The molecule has 3 N–H and O–H groups in total. The number of benzene rings is 1. The van der Waals surface area contributed by atoms with Crippen LogP contribution in [0, 0.1) is 13.8 Å². The lowest BCUT2D eigenvalue weighted by Crippen LogP contribution is -2.49. The third kappa shape index (κ3) is 3.12. The van der Waals surface area contributed by atoms with Crippen molar-refractivity contribution in [2.45, 2.75) is 13.8 Å². The molecule has 1 aromatic heterocycles. The number of anilines is 1. The van der Waals surface area contributed by atoms with Crippen molar-refractivity contribution in [1.29, 1.82) is 0 Å². The van der Waals surface area contributed by atoms with Crippen molar-refractivity contribution in [2.24, 2.45) is 5.73 Å². The molecule has 0 aliphatic carbocycles. The predicted molar refractivity (Wildman–Crippen MR) is 79.1 cm³/mol. The zero-order chi connectivity index (χ0) is 14.7. The van der Waals surface area contributed by atoms with Gasteiger partial charge in [-0.3, -0.25) is 10.2 Å². The van der Waals surface area contributed by atoms with Gasteiger partial charge in [-0.15, -0.1) is 0 Å².